The maximum atomic E-state index is 12.4. The molecule has 98 valence electrons. The summed E-state index contributed by atoms with van der Waals surface area (Å²) in [6.07, 6.45) is 0. The van der Waals surface area contributed by atoms with Crippen molar-refractivity contribution < 1.29 is 9.59 Å². The fraction of sp³-hybridized carbons (Fsp3) is 0.143. The van der Waals surface area contributed by atoms with Crippen molar-refractivity contribution in [2.24, 2.45) is 0 Å². The zero-order valence-corrected chi connectivity index (χ0v) is 11.8. The molecule has 2 rings (SSSR count). The van der Waals surface area contributed by atoms with Crippen molar-refractivity contribution in [2.75, 3.05) is 11.2 Å². The number of rotatable bonds is 4. The van der Waals surface area contributed by atoms with E-state index in [1.165, 1.54) is 11.3 Å². The number of hydrogen-bond acceptors (Lipinski definition) is 3. The predicted octanol–water partition coefficient (Wildman–Crippen LogP) is 3.46. The maximum absolute atomic E-state index is 12.4. The van der Waals surface area contributed by atoms with Crippen LogP contribution in [0.3, 0.4) is 0 Å². The van der Waals surface area contributed by atoms with Gasteiger partial charge in [-0.1, -0.05) is 30.3 Å². The molecule has 0 saturated heterocycles. The molecule has 0 radical (unpaired) electrons. The van der Waals surface area contributed by atoms with Crippen LogP contribution < -0.4 is 5.32 Å². The van der Waals surface area contributed by atoms with Gasteiger partial charge in [-0.2, -0.15) is 0 Å². The van der Waals surface area contributed by atoms with E-state index in [4.69, 9.17) is 11.6 Å². The van der Waals surface area contributed by atoms with E-state index < -0.39 is 0 Å². The Balaban J connectivity index is 2.37. The van der Waals surface area contributed by atoms with Crippen LogP contribution in [-0.2, 0) is 4.79 Å². The summed E-state index contributed by atoms with van der Waals surface area (Å²) in [5.74, 6) is -0.537. The first kappa shape index (κ1) is 13.8. The van der Waals surface area contributed by atoms with Crippen molar-refractivity contribution in [3.05, 3.63) is 52.4 Å². The van der Waals surface area contributed by atoms with Crippen molar-refractivity contribution in [1.82, 2.24) is 0 Å². The Hall–Kier alpha value is -1.65. The van der Waals surface area contributed by atoms with E-state index >= 15 is 0 Å². The molecule has 0 spiro atoms. The fourth-order valence-electron chi connectivity index (χ4n) is 1.71. The van der Waals surface area contributed by atoms with E-state index in [1.54, 1.807) is 12.1 Å². The molecule has 0 aliphatic heterocycles. The number of thiophene rings is 1. The molecule has 1 heterocycles. The molecular weight excluding hydrogens is 282 g/mol. The molecule has 0 aliphatic rings. The second-order valence-electron chi connectivity index (χ2n) is 4.00. The van der Waals surface area contributed by atoms with Gasteiger partial charge in [0.15, 0.2) is 5.78 Å². The van der Waals surface area contributed by atoms with Crippen LogP contribution in [0.4, 0.5) is 5.00 Å². The Labute approximate surface area is 120 Å². The molecule has 3 nitrogen and oxygen atoms in total. The number of benzene rings is 1. The highest BCUT2D eigenvalue weighted by molar-refractivity contribution is 7.15. The minimum atomic E-state index is -0.314. The first-order chi connectivity index (χ1) is 9.13. The van der Waals surface area contributed by atoms with Gasteiger partial charge in [0.1, 0.15) is 10.9 Å². The SMILES string of the molecule is Cc1csc(NC(=O)CCl)c1C(=O)c1ccccc1. The summed E-state index contributed by atoms with van der Waals surface area (Å²) in [7, 11) is 0. The van der Waals surface area contributed by atoms with E-state index in [1.807, 2.05) is 30.5 Å². The quantitative estimate of drug-likeness (QED) is 0.693. The zero-order valence-electron chi connectivity index (χ0n) is 10.3. The Morgan fingerprint density at radius 3 is 2.58 bits per heavy atom. The standard InChI is InChI=1S/C14H12ClNO2S/c1-9-8-19-14(16-11(17)7-15)12(9)13(18)10-5-3-2-4-6-10/h2-6,8H,7H2,1H3,(H,16,17). The van der Waals surface area contributed by atoms with Crippen LogP contribution >= 0.6 is 22.9 Å². The van der Waals surface area contributed by atoms with Gasteiger partial charge in [0.2, 0.25) is 5.91 Å². The van der Waals surface area contributed by atoms with Gasteiger partial charge >= 0.3 is 0 Å². The predicted molar refractivity (Wildman–Crippen MR) is 78.3 cm³/mol. The average Bonchev–Trinajstić information content (AvgIpc) is 2.79. The van der Waals surface area contributed by atoms with Gasteiger partial charge in [-0.15, -0.1) is 22.9 Å². The zero-order chi connectivity index (χ0) is 13.8. The lowest BCUT2D eigenvalue weighted by Gasteiger charge is -2.05. The lowest BCUT2D eigenvalue weighted by atomic mass is 10.0. The number of aryl methyl sites for hydroxylation is 1. The molecule has 0 bridgehead atoms. The van der Waals surface area contributed by atoms with E-state index in [-0.39, 0.29) is 17.6 Å². The van der Waals surface area contributed by atoms with Crippen LogP contribution in [0, 0.1) is 6.92 Å². The molecule has 2 aromatic rings. The minimum Gasteiger partial charge on any atom is -0.316 e. The van der Waals surface area contributed by atoms with Gasteiger partial charge in [0.05, 0.1) is 5.56 Å². The number of halogens is 1. The molecule has 1 aromatic carbocycles. The lowest BCUT2D eigenvalue weighted by molar-refractivity contribution is -0.113. The molecule has 0 fully saturated rings. The number of anilines is 1. The van der Waals surface area contributed by atoms with Gasteiger partial charge in [-0.3, -0.25) is 9.59 Å². The van der Waals surface area contributed by atoms with E-state index in [0.29, 0.717) is 16.1 Å². The first-order valence-corrected chi connectivity index (χ1v) is 7.08. The molecule has 1 aromatic heterocycles. The van der Waals surface area contributed by atoms with E-state index in [9.17, 15) is 9.59 Å². The fourth-order valence-corrected chi connectivity index (χ4v) is 2.74. The summed E-state index contributed by atoms with van der Waals surface area (Å²) in [5, 5.41) is 5.06. The number of amides is 1. The Kier molecular flexibility index (Phi) is 4.35. The lowest BCUT2D eigenvalue weighted by Crippen LogP contribution is -2.14. The largest absolute Gasteiger partial charge is 0.316 e. The third kappa shape index (κ3) is 3.03. The van der Waals surface area contributed by atoms with Gasteiger partial charge in [0.25, 0.3) is 0 Å². The molecule has 1 N–H and O–H groups in total. The van der Waals surface area contributed by atoms with Gasteiger partial charge in [-0.05, 0) is 17.9 Å². The summed E-state index contributed by atoms with van der Waals surface area (Å²) in [6, 6.07) is 8.99. The third-order valence-electron chi connectivity index (χ3n) is 2.61. The number of carbonyl (C=O) groups is 2. The molecule has 0 unspecified atom stereocenters. The van der Waals surface area contributed by atoms with Crippen molar-refractivity contribution in [2.45, 2.75) is 6.92 Å². The van der Waals surface area contributed by atoms with Crippen molar-refractivity contribution in [3.8, 4) is 0 Å². The number of ketones is 1. The summed E-state index contributed by atoms with van der Waals surface area (Å²) in [5.41, 5.74) is 1.99. The molecule has 19 heavy (non-hydrogen) atoms. The number of nitrogens with one attached hydrogen (secondary N) is 1. The second kappa shape index (κ2) is 5.99. The molecule has 5 heteroatoms. The topological polar surface area (TPSA) is 46.2 Å². The highest BCUT2D eigenvalue weighted by Crippen LogP contribution is 2.29. The highest BCUT2D eigenvalue weighted by atomic mass is 35.5. The minimum absolute atomic E-state index is 0.0933. The normalized spacial score (nSPS) is 10.2. The van der Waals surface area contributed by atoms with Crippen LogP contribution in [0.15, 0.2) is 35.7 Å². The number of alkyl halides is 1. The molecule has 0 aliphatic carbocycles. The van der Waals surface area contributed by atoms with Crippen LogP contribution in [0.5, 0.6) is 0 Å². The summed E-state index contributed by atoms with van der Waals surface area (Å²) in [6.45, 7) is 1.85. The van der Waals surface area contributed by atoms with Crippen LogP contribution in [0.2, 0.25) is 0 Å². The van der Waals surface area contributed by atoms with Crippen molar-refractivity contribution >= 4 is 39.6 Å². The van der Waals surface area contributed by atoms with Crippen LogP contribution in [-0.4, -0.2) is 17.6 Å². The summed E-state index contributed by atoms with van der Waals surface area (Å²) < 4.78 is 0. The van der Waals surface area contributed by atoms with E-state index in [0.717, 1.165) is 5.56 Å². The third-order valence-corrected chi connectivity index (χ3v) is 3.87. The molecule has 1 amide bonds. The Morgan fingerprint density at radius 2 is 1.95 bits per heavy atom. The Morgan fingerprint density at radius 1 is 1.26 bits per heavy atom. The van der Waals surface area contributed by atoms with Gasteiger partial charge < -0.3 is 5.32 Å². The van der Waals surface area contributed by atoms with Gasteiger partial charge in [-0.25, -0.2) is 0 Å². The summed E-state index contributed by atoms with van der Waals surface area (Å²) >= 11 is 6.80. The maximum Gasteiger partial charge on any atom is 0.239 e. The highest BCUT2D eigenvalue weighted by Gasteiger charge is 2.19. The molecule has 0 atom stereocenters. The van der Waals surface area contributed by atoms with Gasteiger partial charge in [0, 0.05) is 5.56 Å². The van der Waals surface area contributed by atoms with Crippen molar-refractivity contribution in [3.63, 3.8) is 0 Å². The Bertz CT molecular complexity index is 607. The monoisotopic (exact) mass is 293 g/mol. The van der Waals surface area contributed by atoms with Crippen LogP contribution in [0.1, 0.15) is 21.5 Å². The van der Waals surface area contributed by atoms with Crippen molar-refractivity contribution in [1.29, 1.82) is 0 Å². The number of hydrogen-bond donors (Lipinski definition) is 1. The molecular formula is C14H12ClNO2S. The van der Waals surface area contributed by atoms with Crippen LogP contribution in [0.25, 0.3) is 0 Å². The molecule has 0 saturated carbocycles. The second-order valence-corrected chi connectivity index (χ2v) is 5.15. The first-order valence-electron chi connectivity index (χ1n) is 5.67. The van der Waals surface area contributed by atoms with E-state index in [2.05, 4.69) is 5.32 Å². The average molecular weight is 294 g/mol. The number of carbonyl (C=O) groups excluding carboxylic acids is 2. The smallest absolute Gasteiger partial charge is 0.239 e. The summed E-state index contributed by atoms with van der Waals surface area (Å²) in [4.78, 5) is 23.8.